The van der Waals surface area contributed by atoms with Crippen LogP contribution in [-0.4, -0.2) is 61.7 Å². The van der Waals surface area contributed by atoms with E-state index in [1.165, 1.54) is 38.8 Å². The van der Waals surface area contributed by atoms with Gasteiger partial charge in [0.1, 0.15) is 0 Å². The van der Waals surface area contributed by atoms with Crippen molar-refractivity contribution in [2.24, 2.45) is 0 Å². The Hall–Kier alpha value is -0.120. The predicted octanol–water partition coefficient (Wildman–Crippen LogP) is 2.18. The number of rotatable bonds is 6. The molecule has 1 N–H and O–H groups in total. The van der Waals surface area contributed by atoms with Gasteiger partial charge in [0.25, 0.3) is 0 Å². The Morgan fingerprint density at radius 1 is 1.22 bits per heavy atom. The van der Waals surface area contributed by atoms with Crippen molar-refractivity contribution in [1.29, 1.82) is 0 Å². The Labute approximate surface area is 114 Å². The van der Waals surface area contributed by atoms with E-state index in [9.17, 15) is 0 Å². The second-order valence-corrected chi connectivity index (χ2v) is 6.90. The lowest BCUT2D eigenvalue weighted by Gasteiger charge is -2.33. The van der Waals surface area contributed by atoms with Crippen molar-refractivity contribution in [1.82, 2.24) is 15.1 Å². The Balaban J connectivity index is 2.10. The van der Waals surface area contributed by atoms with Gasteiger partial charge in [-0.2, -0.15) is 0 Å². The van der Waals surface area contributed by atoms with Crippen LogP contribution in [0.15, 0.2) is 0 Å². The molecule has 3 nitrogen and oxygen atoms in total. The van der Waals surface area contributed by atoms with Crippen molar-refractivity contribution >= 4 is 0 Å². The van der Waals surface area contributed by atoms with Gasteiger partial charge in [-0.25, -0.2) is 0 Å². The van der Waals surface area contributed by atoms with Crippen molar-refractivity contribution in [2.75, 3.05) is 40.3 Å². The summed E-state index contributed by atoms with van der Waals surface area (Å²) in [6.45, 7) is 11.4. The minimum Gasteiger partial charge on any atom is -0.311 e. The molecule has 1 unspecified atom stereocenters. The van der Waals surface area contributed by atoms with Crippen LogP contribution in [0.3, 0.4) is 0 Å². The molecule has 0 saturated carbocycles. The van der Waals surface area contributed by atoms with Crippen LogP contribution in [0.5, 0.6) is 0 Å². The monoisotopic (exact) mass is 255 g/mol. The van der Waals surface area contributed by atoms with E-state index in [4.69, 9.17) is 0 Å². The molecule has 0 aliphatic carbocycles. The Bertz CT molecular complexity index is 222. The molecule has 0 spiro atoms. The fourth-order valence-electron chi connectivity index (χ4n) is 2.61. The van der Waals surface area contributed by atoms with E-state index in [0.29, 0.717) is 0 Å². The third-order valence-corrected chi connectivity index (χ3v) is 3.91. The van der Waals surface area contributed by atoms with Crippen LogP contribution in [0.2, 0.25) is 0 Å². The lowest BCUT2D eigenvalue weighted by atomic mass is 10.00. The zero-order valence-electron chi connectivity index (χ0n) is 13.1. The highest BCUT2D eigenvalue weighted by molar-refractivity contribution is 4.76. The predicted molar refractivity (Wildman–Crippen MR) is 80.1 cm³/mol. The molecular weight excluding hydrogens is 222 g/mol. The molecule has 0 bridgehead atoms. The molecule has 1 aliphatic rings. The number of likely N-dealkylation sites (N-methyl/N-ethyl adjacent to an activating group) is 1. The van der Waals surface area contributed by atoms with Crippen LogP contribution in [0.1, 0.15) is 46.5 Å². The highest BCUT2D eigenvalue weighted by Gasteiger charge is 2.18. The number of likely N-dealkylation sites (tertiary alicyclic amines) is 1. The van der Waals surface area contributed by atoms with Crippen molar-refractivity contribution in [3.05, 3.63) is 0 Å². The summed E-state index contributed by atoms with van der Waals surface area (Å²) in [4.78, 5) is 5.01. The first-order valence-corrected chi connectivity index (χ1v) is 7.52. The first-order valence-electron chi connectivity index (χ1n) is 7.52. The van der Waals surface area contributed by atoms with Gasteiger partial charge >= 0.3 is 0 Å². The van der Waals surface area contributed by atoms with Crippen molar-refractivity contribution in [3.63, 3.8) is 0 Å². The van der Waals surface area contributed by atoms with Gasteiger partial charge in [-0.15, -0.1) is 0 Å². The van der Waals surface area contributed by atoms with Gasteiger partial charge < -0.3 is 15.1 Å². The molecule has 1 aliphatic heterocycles. The van der Waals surface area contributed by atoms with E-state index in [2.05, 4.69) is 50.0 Å². The van der Waals surface area contributed by atoms with Crippen molar-refractivity contribution in [2.45, 2.75) is 58.0 Å². The summed E-state index contributed by atoms with van der Waals surface area (Å²) in [5.74, 6) is 0. The van der Waals surface area contributed by atoms with Crippen LogP contribution in [0.25, 0.3) is 0 Å². The first-order chi connectivity index (χ1) is 8.38. The van der Waals surface area contributed by atoms with Crippen LogP contribution < -0.4 is 5.32 Å². The van der Waals surface area contributed by atoms with Gasteiger partial charge in [-0.1, -0.05) is 6.42 Å². The number of hydrogen-bond donors (Lipinski definition) is 1. The Kier molecular flexibility index (Phi) is 6.61. The average molecular weight is 255 g/mol. The van der Waals surface area contributed by atoms with Crippen LogP contribution in [0.4, 0.5) is 0 Å². The van der Waals surface area contributed by atoms with E-state index >= 15 is 0 Å². The lowest BCUT2D eigenvalue weighted by Crippen LogP contribution is -2.42. The highest BCUT2D eigenvalue weighted by Crippen LogP contribution is 2.17. The van der Waals surface area contributed by atoms with Crippen LogP contribution in [0, 0.1) is 0 Å². The standard InChI is InChI=1S/C15H33N3/c1-15(2,3)16-10-13-17(4)12-9-14-8-6-7-11-18(14)5/h14,16H,6-13H2,1-5H3. The summed E-state index contributed by atoms with van der Waals surface area (Å²) in [7, 11) is 4.53. The van der Waals surface area contributed by atoms with Gasteiger partial charge in [0.05, 0.1) is 0 Å². The molecule has 0 aromatic rings. The fourth-order valence-corrected chi connectivity index (χ4v) is 2.61. The molecule has 1 saturated heterocycles. The number of nitrogens with one attached hydrogen (secondary N) is 1. The van der Waals surface area contributed by atoms with Gasteiger partial charge in [0.15, 0.2) is 0 Å². The summed E-state index contributed by atoms with van der Waals surface area (Å²) < 4.78 is 0. The molecule has 3 heteroatoms. The molecular formula is C15H33N3. The normalized spacial score (nSPS) is 22.7. The maximum atomic E-state index is 3.55. The minimum absolute atomic E-state index is 0.241. The first kappa shape index (κ1) is 15.9. The summed E-state index contributed by atoms with van der Waals surface area (Å²) >= 11 is 0. The van der Waals surface area contributed by atoms with Crippen LogP contribution >= 0.6 is 0 Å². The van der Waals surface area contributed by atoms with Crippen molar-refractivity contribution in [3.8, 4) is 0 Å². The molecule has 0 amide bonds. The molecule has 1 rings (SSSR count). The van der Waals surface area contributed by atoms with E-state index < -0.39 is 0 Å². The van der Waals surface area contributed by atoms with Gasteiger partial charge in [-0.05, 0) is 67.2 Å². The molecule has 0 aromatic carbocycles. The molecule has 1 fully saturated rings. The fraction of sp³-hybridized carbons (Fsp3) is 1.00. The third kappa shape index (κ3) is 6.72. The van der Waals surface area contributed by atoms with Crippen molar-refractivity contribution < 1.29 is 0 Å². The van der Waals surface area contributed by atoms with Gasteiger partial charge in [-0.3, -0.25) is 0 Å². The molecule has 18 heavy (non-hydrogen) atoms. The Morgan fingerprint density at radius 3 is 2.56 bits per heavy atom. The maximum Gasteiger partial charge on any atom is 0.0104 e. The van der Waals surface area contributed by atoms with Crippen LogP contribution in [-0.2, 0) is 0 Å². The largest absolute Gasteiger partial charge is 0.311 e. The quantitative estimate of drug-likeness (QED) is 0.785. The summed E-state index contributed by atoms with van der Waals surface area (Å²) in [6, 6.07) is 0.816. The minimum atomic E-state index is 0.241. The SMILES string of the molecule is CN(CCNC(C)(C)C)CCC1CCCCN1C. The van der Waals surface area contributed by atoms with E-state index in [-0.39, 0.29) is 5.54 Å². The third-order valence-electron chi connectivity index (χ3n) is 3.91. The maximum absolute atomic E-state index is 3.55. The zero-order chi connectivity index (χ0) is 13.6. The smallest absolute Gasteiger partial charge is 0.0104 e. The average Bonchev–Trinajstić information content (AvgIpc) is 2.26. The number of nitrogens with zero attached hydrogens (tertiary/aromatic N) is 2. The number of piperidine rings is 1. The summed E-state index contributed by atoms with van der Waals surface area (Å²) in [5.41, 5.74) is 0.241. The van der Waals surface area contributed by atoms with Gasteiger partial charge in [0, 0.05) is 24.7 Å². The summed E-state index contributed by atoms with van der Waals surface area (Å²) in [5, 5.41) is 3.55. The van der Waals surface area contributed by atoms with E-state index in [1.54, 1.807) is 0 Å². The lowest BCUT2D eigenvalue weighted by molar-refractivity contribution is 0.160. The Morgan fingerprint density at radius 2 is 1.94 bits per heavy atom. The summed E-state index contributed by atoms with van der Waals surface area (Å²) in [6.07, 6.45) is 5.52. The molecule has 108 valence electrons. The second-order valence-electron chi connectivity index (χ2n) is 6.90. The van der Waals surface area contributed by atoms with E-state index in [0.717, 1.165) is 19.1 Å². The second kappa shape index (κ2) is 7.46. The van der Waals surface area contributed by atoms with E-state index in [1.807, 2.05) is 0 Å². The molecule has 1 heterocycles. The number of hydrogen-bond acceptors (Lipinski definition) is 3. The zero-order valence-corrected chi connectivity index (χ0v) is 13.1. The molecule has 0 radical (unpaired) electrons. The highest BCUT2D eigenvalue weighted by atomic mass is 15.2. The topological polar surface area (TPSA) is 18.5 Å². The van der Waals surface area contributed by atoms with Gasteiger partial charge in [0.2, 0.25) is 0 Å². The molecule has 0 aromatic heterocycles. The molecule has 1 atom stereocenters.